The van der Waals surface area contributed by atoms with Crippen LogP contribution in [0, 0.1) is 0 Å². The second-order valence-electron chi connectivity index (χ2n) is 6.23. The number of carbonyl (C=O) groups excluding carboxylic acids is 2. The monoisotopic (exact) mass is 382 g/mol. The molecular formula is C12H19FN4O7S. The number of urea groups is 1. The lowest BCUT2D eigenvalue weighted by atomic mass is 10.0. The van der Waals surface area contributed by atoms with E-state index < -0.39 is 40.6 Å². The highest BCUT2D eigenvalue weighted by molar-refractivity contribution is 7.80. The Morgan fingerprint density at radius 3 is 2.84 bits per heavy atom. The fourth-order valence-corrected chi connectivity index (χ4v) is 3.67. The van der Waals surface area contributed by atoms with Gasteiger partial charge in [0.05, 0.1) is 12.6 Å². The van der Waals surface area contributed by atoms with Crippen molar-refractivity contribution in [1.29, 1.82) is 0 Å². The summed E-state index contributed by atoms with van der Waals surface area (Å²) in [4.78, 5) is 30.6. The Bertz CT molecular complexity index is 647. The van der Waals surface area contributed by atoms with E-state index in [9.17, 15) is 22.4 Å². The number of rotatable bonds is 6. The fourth-order valence-electron chi connectivity index (χ4n) is 3.28. The van der Waals surface area contributed by atoms with Gasteiger partial charge in [-0.2, -0.15) is 13.5 Å². The maximum absolute atomic E-state index is 13.0. The van der Waals surface area contributed by atoms with Crippen LogP contribution in [0.5, 0.6) is 0 Å². The third kappa shape index (κ3) is 4.17. The van der Waals surface area contributed by atoms with Crippen LogP contribution in [0.4, 0.5) is 9.18 Å². The number of amides is 3. The first-order valence-corrected chi connectivity index (χ1v) is 9.17. The Balaban J connectivity index is 1.52. The molecule has 0 aromatic carbocycles. The van der Waals surface area contributed by atoms with Crippen LogP contribution in [0.3, 0.4) is 0 Å². The van der Waals surface area contributed by atoms with Crippen LogP contribution in [0.1, 0.15) is 19.3 Å². The van der Waals surface area contributed by atoms with Crippen molar-refractivity contribution in [3.8, 4) is 0 Å². The zero-order valence-electron chi connectivity index (χ0n) is 13.1. The van der Waals surface area contributed by atoms with Gasteiger partial charge in [0.1, 0.15) is 12.2 Å². The Labute approximate surface area is 143 Å². The van der Waals surface area contributed by atoms with Crippen molar-refractivity contribution in [3.05, 3.63) is 0 Å². The summed E-state index contributed by atoms with van der Waals surface area (Å²) in [5.74, 6) is -0.560. The van der Waals surface area contributed by atoms with E-state index in [0.29, 0.717) is 17.9 Å². The maximum Gasteiger partial charge on any atom is 0.418 e. The van der Waals surface area contributed by atoms with E-state index in [-0.39, 0.29) is 32.2 Å². The Kier molecular flexibility index (Phi) is 5.11. The molecule has 0 aliphatic carbocycles. The van der Waals surface area contributed by atoms with Crippen molar-refractivity contribution in [1.82, 2.24) is 20.8 Å². The molecule has 0 aromatic rings. The smallest absolute Gasteiger partial charge is 0.309 e. The molecule has 3 amide bonds. The summed E-state index contributed by atoms with van der Waals surface area (Å²) in [6.07, 6.45) is -0.0296. The van der Waals surface area contributed by atoms with Gasteiger partial charge in [-0.05, 0) is 19.3 Å². The van der Waals surface area contributed by atoms with Crippen molar-refractivity contribution < 1.29 is 36.1 Å². The molecule has 0 saturated carbocycles. The summed E-state index contributed by atoms with van der Waals surface area (Å²) in [5.41, 5.74) is 2.24. The predicted octanol–water partition coefficient (Wildman–Crippen LogP) is -1.26. The molecule has 2 bridgehead atoms. The Hall–Kier alpha value is -1.54. The standard InChI is InChI=1S/C12H19FN4O7S/c13-7-3-8(14-4-7)6-23-15-11(18)10-2-1-9-5-16(10)12(19)17(9)24-25(20,21)22/h7-10,14H,1-6H2,(H,15,18)(H,20,21,22)/t7-,8+,9+,10-/m0/s1. The first-order chi connectivity index (χ1) is 11.7. The van der Waals surface area contributed by atoms with Crippen molar-refractivity contribution in [3.63, 3.8) is 0 Å². The average Bonchev–Trinajstić information content (AvgIpc) is 3.04. The highest BCUT2D eigenvalue weighted by Crippen LogP contribution is 2.30. The van der Waals surface area contributed by atoms with Crippen molar-refractivity contribution in [2.24, 2.45) is 0 Å². The van der Waals surface area contributed by atoms with E-state index in [4.69, 9.17) is 9.39 Å². The minimum absolute atomic E-state index is 0.0907. The molecule has 0 spiro atoms. The van der Waals surface area contributed by atoms with Gasteiger partial charge in [0.2, 0.25) is 0 Å². The number of alkyl halides is 1. The molecule has 142 valence electrons. The van der Waals surface area contributed by atoms with E-state index in [1.54, 1.807) is 0 Å². The molecule has 11 nitrogen and oxygen atoms in total. The van der Waals surface area contributed by atoms with Gasteiger partial charge in [-0.3, -0.25) is 14.2 Å². The molecule has 3 rings (SSSR count). The molecule has 3 N–H and O–H groups in total. The van der Waals surface area contributed by atoms with Gasteiger partial charge in [0.15, 0.2) is 0 Å². The lowest BCUT2D eigenvalue weighted by Crippen LogP contribution is -2.50. The Morgan fingerprint density at radius 1 is 1.44 bits per heavy atom. The number of hydrogen-bond acceptors (Lipinski definition) is 7. The zero-order chi connectivity index (χ0) is 18.2. The molecule has 3 aliphatic rings. The summed E-state index contributed by atoms with van der Waals surface area (Å²) in [7, 11) is -4.83. The van der Waals surface area contributed by atoms with Gasteiger partial charge in [-0.1, -0.05) is 0 Å². The number of carbonyl (C=O) groups is 2. The lowest BCUT2D eigenvalue weighted by Gasteiger charge is -2.29. The number of hydroxylamine groups is 3. The number of piperidine rings is 1. The van der Waals surface area contributed by atoms with E-state index in [2.05, 4.69) is 15.1 Å². The molecule has 0 aromatic heterocycles. The highest BCUT2D eigenvalue weighted by atomic mass is 32.3. The summed E-state index contributed by atoms with van der Waals surface area (Å²) in [5, 5.41) is 3.46. The molecule has 0 radical (unpaired) electrons. The van der Waals surface area contributed by atoms with Crippen molar-refractivity contribution in [2.45, 2.75) is 43.6 Å². The molecule has 0 unspecified atom stereocenters. The van der Waals surface area contributed by atoms with Crippen molar-refractivity contribution in [2.75, 3.05) is 19.7 Å². The van der Waals surface area contributed by atoms with Crippen LogP contribution in [0.2, 0.25) is 0 Å². The normalized spacial score (nSPS) is 32.3. The van der Waals surface area contributed by atoms with Gasteiger partial charge >= 0.3 is 16.4 Å². The van der Waals surface area contributed by atoms with Crippen LogP contribution in [-0.2, 0) is 24.3 Å². The number of nitrogens with zero attached hydrogens (tertiary/aromatic N) is 2. The molecule has 13 heteroatoms. The SMILES string of the molecule is O=C(NOC[C@H]1C[C@H](F)CN1)[C@@H]1CC[C@@H]2CN1C(=O)N2OS(=O)(=O)O. The Morgan fingerprint density at radius 2 is 2.20 bits per heavy atom. The minimum atomic E-state index is -4.83. The molecule has 3 aliphatic heterocycles. The van der Waals surface area contributed by atoms with E-state index >= 15 is 0 Å². The fraction of sp³-hybridized carbons (Fsp3) is 0.833. The molecule has 4 atom stereocenters. The van der Waals surface area contributed by atoms with Crippen LogP contribution in [0.15, 0.2) is 0 Å². The van der Waals surface area contributed by atoms with E-state index in [0.717, 1.165) is 4.90 Å². The third-order valence-electron chi connectivity index (χ3n) is 4.43. The number of nitrogens with one attached hydrogen (secondary N) is 2. The molecule has 25 heavy (non-hydrogen) atoms. The van der Waals surface area contributed by atoms with Crippen LogP contribution < -0.4 is 10.8 Å². The van der Waals surface area contributed by atoms with Gasteiger partial charge in [-0.25, -0.2) is 14.7 Å². The quantitative estimate of drug-likeness (QED) is 0.382. The number of hydrogen-bond donors (Lipinski definition) is 3. The average molecular weight is 382 g/mol. The van der Waals surface area contributed by atoms with E-state index in [1.807, 2.05) is 0 Å². The molecular weight excluding hydrogens is 363 g/mol. The first kappa shape index (κ1) is 18.3. The van der Waals surface area contributed by atoms with Gasteiger partial charge in [0, 0.05) is 19.1 Å². The third-order valence-corrected chi connectivity index (χ3v) is 4.77. The molecule has 3 saturated heterocycles. The van der Waals surface area contributed by atoms with Crippen molar-refractivity contribution >= 4 is 22.3 Å². The van der Waals surface area contributed by atoms with Gasteiger partial charge in [0.25, 0.3) is 5.91 Å². The second-order valence-corrected chi connectivity index (χ2v) is 7.23. The summed E-state index contributed by atoms with van der Waals surface area (Å²) < 4.78 is 47.7. The minimum Gasteiger partial charge on any atom is -0.309 e. The highest BCUT2D eigenvalue weighted by Gasteiger charge is 2.49. The summed E-state index contributed by atoms with van der Waals surface area (Å²) in [6, 6.07) is -2.43. The van der Waals surface area contributed by atoms with Gasteiger partial charge < -0.3 is 10.2 Å². The predicted molar refractivity (Wildman–Crippen MR) is 78.8 cm³/mol. The maximum atomic E-state index is 13.0. The zero-order valence-corrected chi connectivity index (χ0v) is 13.9. The molecule has 3 heterocycles. The van der Waals surface area contributed by atoms with Gasteiger partial charge in [-0.15, -0.1) is 4.28 Å². The first-order valence-electron chi connectivity index (χ1n) is 7.80. The largest absolute Gasteiger partial charge is 0.418 e. The summed E-state index contributed by atoms with van der Waals surface area (Å²) in [6.45, 7) is 0.436. The van der Waals surface area contributed by atoms with Crippen LogP contribution >= 0.6 is 0 Å². The van der Waals surface area contributed by atoms with Crippen LogP contribution in [-0.4, -0.2) is 78.9 Å². The number of fused-ring (bicyclic) bond motifs is 2. The number of halogens is 1. The van der Waals surface area contributed by atoms with Crippen LogP contribution in [0.25, 0.3) is 0 Å². The van der Waals surface area contributed by atoms with E-state index in [1.165, 1.54) is 0 Å². The lowest BCUT2D eigenvalue weighted by molar-refractivity contribution is -0.139. The summed E-state index contributed by atoms with van der Waals surface area (Å²) >= 11 is 0. The topological polar surface area (TPSA) is 138 Å². The second kappa shape index (κ2) is 6.99. The molecule has 3 fully saturated rings.